The number of ketones is 1. The molecule has 0 aromatic heterocycles. The van der Waals surface area contributed by atoms with Crippen LogP contribution in [0.5, 0.6) is 0 Å². The van der Waals surface area contributed by atoms with Crippen molar-refractivity contribution in [3.63, 3.8) is 0 Å². The first-order valence-corrected chi connectivity index (χ1v) is 5.10. The van der Waals surface area contributed by atoms with Gasteiger partial charge in [-0.3, -0.25) is 4.79 Å². The van der Waals surface area contributed by atoms with E-state index in [0.29, 0.717) is 12.8 Å². The Labute approximate surface area is 83.6 Å². The second kappa shape index (κ2) is 5.62. The van der Waals surface area contributed by atoms with Crippen LogP contribution in [0.2, 0.25) is 0 Å². The van der Waals surface area contributed by atoms with Crippen molar-refractivity contribution in [3.8, 4) is 0 Å². The van der Waals surface area contributed by atoms with E-state index in [1.165, 1.54) is 0 Å². The lowest BCUT2D eigenvalue weighted by molar-refractivity contribution is -0.128. The third-order valence-electron chi connectivity index (χ3n) is 2.25. The van der Waals surface area contributed by atoms with Gasteiger partial charge in [-0.15, -0.1) is 0 Å². The van der Waals surface area contributed by atoms with Gasteiger partial charge in [-0.2, -0.15) is 0 Å². The minimum atomic E-state index is -0.729. The summed E-state index contributed by atoms with van der Waals surface area (Å²) in [7, 11) is 0. The fraction of sp³-hybridized carbons (Fsp3) is 0.800. The molecule has 0 aromatic rings. The maximum atomic E-state index is 11.4. The van der Waals surface area contributed by atoms with Crippen molar-refractivity contribution in [1.29, 1.82) is 0 Å². The van der Waals surface area contributed by atoms with E-state index in [1.54, 1.807) is 6.92 Å². The van der Waals surface area contributed by atoms with Gasteiger partial charge in [-0.1, -0.05) is 6.42 Å². The summed E-state index contributed by atoms with van der Waals surface area (Å²) in [5, 5.41) is 0. The molecule has 0 spiro atoms. The normalized spacial score (nSPS) is 22.6. The van der Waals surface area contributed by atoms with Crippen LogP contribution in [0, 0.1) is 0 Å². The fourth-order valence-electron chi connectivity index (χ4n) is 1.52. The second-order valence-corrected chi connectivity index (χ2v) is 3.36. The topological polar surface area (TPSA) is 52.6 Å². The molecule has 1 aliphatic carbocycles. The quantitative estimate of drug-likeness (QED) is 0.505. The van der Waals surface area contributed by atoms with Crippen LogP contribution in [0.1, 0.15) is 39.0 Å². The Morgan fingerprint density at radius 1 is 1.43 bits per heavy atom. The zero-order chi connectivity index (χ0) is 10.4. The molecule has 1 fully saturated rings. The van der Waals surface area contributed by atoms with Crippen molar-refractivity contribution in [3.05, 3.63) is 0 Å². The molecular formula is C10H16O4. The molecule has 0 saturated heterocycles. The number of rotatable bonds is 2. The van der Waals surface area contributed by atoms with E-state index in [-0.39, 0.29) is 12.4 Å². The molecule has 0 amide bonds. The van der Waals surface area contributed by atoms with Crippen LogP contribution in [0.25, 0.3) is 0 Å². The summed E-state index contributed by atoms with van der Waals surface area (Å²) in [6.45, 7) is 1.98. The average molecular weight is 200 g/mol. The molecule has 4 heteroatoms. The molecule has 1 aliphatic rings. The smallest absolute Gasteiger partial charge is 0.435 e. The zero-order valence-corrected chi connectivity index (χ0v) is 8.45. The van der Waals surface area contributed by atoms with Crippen molar-refractivity contribution in [1.82, 2.24) is 0 Å². The standard InChI is InChI=1S/C10H16O4/c1-2-13-10(12)14-9-7-5-3-4-6-8(9)11/h9H,2-7H2,1H3. The zero-order valence-electron chi connectivity index (χ0n) is 8.45. The van der Waals surface area contributed by atoms with Crippen LogP contribution in [0.3, 0.4) is 0 Å². The average Bonchev–Trinajstić information content (AvgIpc) is 2.33. The van der Waals surface area contributed by atoms with Crippen LogP contribution >= 0.6 is 0 Å². The van der Waals surface area contributed by atoms with E-state index >= 15 is 0 Å². The Morgan fingerprint density at radius 3 is 2.93 bits per heavy atom. The van der Waals surface area contributed by atoms with Crippen molar-refractivity contribution in [2.45, 2.75) is 45.1 Å². The summed E-state index contributed by atoms with van der Waals surface area (Å²) >= 11 is 0. The number of carbonyl (C=O) groups excluding carboxylic acids is 2. The van der Waals surface area contributed by atoms with E-state index in [4.69, 9.17) is 4.74 Å². The van der Waals surface area contributed by atoms with Gasteiger partial charge >= 0.3 is 6.16 Å². The van der Waals surface area contributed by atoms with Gasteiger partial charge < -0.3 is 9.47 Å². The highest BCUT2D eigenvalue weighted by atomic mass is 16.7. The lowest BCUT2D eigenvalue weighted by atomic mass is 10.1. The lowest BCUT2D eigenvalue weighted by Gasteiger charge is -2.13. The van der Waals surface area contributed by atoms with Crippen LogP contribution in [0.15, 0.2) is 0 Å². The van der Waals surface area contributed by atoms with Crippen LogP contribution in [-0.4, -0.2) is 24.6 Å². The molecular weight excluding hydrogens is 184 g/mol. The molecule has 0 bridgehead atoms. The van der Waals surface area contributed by atoms with Gasteiger partial charge in [-0.05, 0) is 26.2 Å². The van der Waals surface area contributed by atoms with E-state index in [0.717, 1.165) is 19.3 Å². The summed E-state index contributed by atoms with van der Waals surface area (Å²) < 4.78 is 9.53. The molecule has 0 radical (unpaired) electrons. The van der Waals surface area contributed by atoms with Crippen molar-refractivity contribution in [2.75, 3.05) is 6.61 Å². The monoisotopic (exact) mass is 200 g/mol. The molecule has 0 aliphatic heterocycles. The van der Waals surface area contributed by atoms with E-state index in [1.807, 2.05) is 0 Å². The molecule has 1 unspecified atom stereocenters. The van der Waals surface area contributed by atoms with Crippen LogP contribution in [-0.2, 0) is 14.3 Å². The Hall–Kier alpha value is -1.06. The molecule has 0 N–H and O–H groups in total. The summed E-state index contributed by atoms with van der Waals surface area (Å²) in [6.07, 6.45) is 2.73. The first-order valence-electron chi connectivity index (χ1n) is 5.10. The highest BCUT2D eigenvalue weighted by molar-refractivity contribution is 5.84. The SMILES string of the molecule is CCOC(=O)OC1CCCCCC1=O. The molecule has 1 saturated carbocycles. The van der Waals surface area contributed by atoms with Gasteiger partial charge in [0.1, 0.15) is 0 Å². The summed E-state index contributed by atoms with van der Waals surface area (Å²) in [6, 6.07) is 0. The van der Waals surface area contributed by atoms with Gasteiger partial charge in [-0.25, -0.2) is 4.79 Å². The van der Waals surface area contributed by atoms with Gasteiger partial charge in [0, 0.05) is 6.42 Å². The van der Waals surface area contributed by atoms with Crippen LogP contribution < -0.4 is 0 Å². The largest absolute Gasteiger partial charge is 0.508 e. The van der Waals surface area contributed by atoms with Crippen molar-refractivity contribution < 1.29 is 19.1 Å². The van der Waals surface area contributed by atoms with Gasteiger partial charge in [0.2, 0.25) is 0 Å². The van der Waals surface area contributed by atoms with Gasteiger partial charge in [0.15, 0.2) is 11.9 Å². The second-order valence-electron chi connectivity index (χ2n) is 3.36. The van der Waals surface area contributed by atoms with Gasteiger partial charge in [0.25, 0.3) is 0 Å². The first kappa shape index (κ1) is 11.0. The number of carbonyl (C=O) groups is 2. The lowest BCUT2D eigenvalue weighted by Crippen LogP contribution is -2.26. The molecule has 14 heavy (non-hydrogen) atoms. The highest BCUT2D eigenvalue weighted by Crippen LogP contribution is 2.17. The molecule has 0 aromatic carbocycles. The van der Waals surface area contributed by atoms with Gasteiger partial charge in [0.05, 0.1) is 6.61 Å². The van der Waals surface area contributed by atoms with Crippen LogP contribution in [0.4, 0.5) is 4.79 Å². The molecule has 4 nitrogen and oxygen atoms in total. The summed E-state index contributed by atoms with van der Waals surface area (Å²) in [4.78, 5) is 22.4. The maximum absolute atomic E-state index is 11.4. The predicted octanol–water partition coefficient (Wildman–Crippen LogP) is 2.06. The Bertz CT molecular complexity index is 212. The molecule has 0 heterocycles. The minimum absolute atomic E-state index is 0.0237. The molecule has 1 rings (SSSR count). The van der Waals surface area contributed by atoms with Crippen molar-refractivity contribution >= 4 is 11.9 Å². The third kappa shape index (κ3) is 3.36. The molecule has 80 valence electrons. The first-order chi connectivity index (χ1) is 6.74. The predicted molar refractivity (Wildman–Crippen MR) is 50.0 cm³/mol. The number of Topliss-reactive ketones (excluding diaryl/α,β-unsaturated/α-hetero) is 1. The van der Waals surface area contributed by atoms with E-state index < -0.39 is 12.3 Å². The van der Waals surface area contributed by atoms with E-state index in [9.17, 15) is 9.59 Å². The summed E-state index contributed by atoms with van der Waals surface area (Å²) in [5.74, 6) is 0.0237. The third-order valence-corrected chi connectivity index (χ3v) is 2.25. The Kier molecular flexibility index (Phi) is 4.43. The Balaban J connectivity index is 2.40. The number of ether oxygens (including phenoxy) is 2. The summed E-state index contributed by atoms with van der Waals surface area (Å²) in [5.41, 5.74) is 0. The maximum Gasteiger partial charge on any atom is 0.508 e. The fourth-order valence-corrected chi connectivity index (χ4v) is 1.52. The number of hydrogen-bond acceptors (Lipinski definition) is 4. The number of hydrogen-bond donors (Lipinski definition) is 0. The molecule has 1 atom stereocenters. The Morgan fingerprint density at radius 2 is 2.21 bits per heavy atom. The van der Waals surface area contributed by atoms with E-state index in [2.05, 4.69) is 4.74 Å². The van der Waals surface area contributed by atoms with Crippen molar-refractivity contribution in [2.24, 2.45) is 0 Å². The minimum Gasteiger partial charge on any atom is -0.435 e. The highest BCUT2D eigenvalue weighted by Gasteiger charge is 2.24.